The minimum Gasteiger partial charge on any atom is -0.462 e. The quantitative estimate of drug-likeness (QED) is 0.0282. The molecule has 0 aromatic carbocycles. The highest BCUT2D eigenvalue weighted by Gasteiger charge is 2.25. The van der Waals surface area contributed by atoms with Gasteiger partial charge < -0.3 is 20.1 Å². The molecule has 51 heavy (non-hydrogen) atoms. The monoisotopic (exact) mass is 735 g/mol. The van der Waals surface area contributed by atoms with Crippen molar-refractivity contribution in [1.82, 2.24) is 0 Å². The molecule has 0 heterocycles. The van der Waals surface area contributed by atoms with E-state index in [0.717, 1.165) is 77.0 Å². The van der Waals surface area contributed by atoms with Gasteiger partial charge in [0.05, 0.1) is 13.2 Å². The molecule has 0 aromatic rings. The Balaban J connectivity index is 4.33. The van der Waals surface area contributed by atoms with Crippen LogP contribution in [0.4, 0.5) is 0 Å². The fourth-order valence-electron chi connectivity index (χ4n) is 4.71. The van der Waals surface area contributed by atoms with Gasteiger partial charge in [0.15, 0.2) is 6.10 Å². The maximum Gasteiger partial charge on any atom is 0.472 e. The number of rotatable bonds is 35. The van der Waals surface area contributed by atoms with Gasteiger partial charge in [-0.25, -0.2) is 4.57 Å². The molecule has 0 aromatic heterocycles. The van der Waals surface area contributed by atoms with E-state index in [9.17, 15) is 19.0 Å². The van der Waals surface area contributed by atoms with Gasteiger partial charge in [0, 0.05) is 19.4 Å². The number of unbranched alkanes of at least 4 members (excludes halogenated alkanes) is 10. The van der Waals surface area contributed by atoms with Crippen molar-refractivity contribution >= 4 is 19.8 Å². The number of ether oxygens (including phenoxy) is 2. The van der Waals surface area contributed by atoms with E-state index >= 15 is 0 Å². The number of allylic oxidation sites excluding steroid dienone is 12. The lowest BCUT2D eigenvalue weighted by atomic mass is 10.1. The van der Waals surface area contributed by atoms with E-state index in [1.54, 1.807) is 0 Å². The van der Waals surface area contributed by atoms with E-state index < -0.39 is 32.5 Å². The summed E-state index contributed by atoms with van der Waals surface area (Å²) >= 11 is 0. The highest BCUT2D eigenvalue weighted by Crippen LogP contribution is 2.43. The van der Waals surface area contributed by atoms with Gasteiger partial charge in [0.25, 0.3) is 0 Å². The molecule has 0 bridgehead atoms. The smallest absolute Gasteiger partial charge is 0.462 e. The first-order chi connectivity index (χ1) is 24.8. The van der Waals surface area contributed by atoms with Crippen molar-refractivity contribution in [2.24, 2.45) is 5.73 Å². The summed E-state index contributed by atoms with van der Waals surface area (Å²) in [6.45, 7) is 3.49. The largest absolute Gasteiger partial charge is 0.472 e. The van der Waals surface area contributed by atoms with Gasteiger partial charge >= 0.3 is 19.8 Å². The number of phosphoric acid groups is 1. The second-order valence-corrected chi connectivity index (χ2v) is 13.9. The number of nitrogens with two attached hydrogens (primary N) is 1. The average Bonchev–Trinajstić information content (AvgIpc) is 3.11. The summed E-state index contributed by atoms with van der Waals surface area (Å²) in [6, 6.07) is 0. The zero-order valence-electron chi connectivity index (χ0n) is 31.8. The van der Waals surface area contributed by atoms with Crippen molar-refractivity contribution in [3.8, 4) is 0 Å². The first kappa shape index (κ1) is 48.5. The number of hydrogen-bond acceptors (Lipinski definition) is 8. The van der Waals surface area contributed by atoms with Crippen LogP contribution in [0.25, 0.3) is 0 Å². The normalized spacial score (nSPS) is 14.2. The number of hydrogen-bond donors (Lipinski definition) is 2. The zero-order valence-corrected chi connectivity index (χ0v) is 32.7. The van der Waals surface area contributed by atoms with Crippen LogP contribution in [0.5, 0.6) is 0 Å². The van der Waals surface area contributed by atoms with Crippen molar-refractivity contribution in [1.29, 1.82) is 0 Å². The molecule has 0 amide bonds. The zero-order chi connectivity index (χ0) is 37.5. The molecule has 0 aliphatic heterocycles. The predicted octanol–water partition coefficient (Wildman–Crippen LogP) is 10.7. The third-order valence-corrected chi connectivity index (χ3v) is 8.56. The summed E-state index contributed by atoms with van der Waals surface area (Å²) in [6.07, 6.45) is 43.6. The van der Waals surface area contributed by atoms with Crippen LogP contribution >= 0.6 is 7.82 Å². The molecule has 3 N–H and O–H groups in total. The van der Waals surface area contributed by atoms with E-state index in [-0.39, 0.29) is 32.6 Å². The molecule has 0 rings (SSSR count). The Kier molecular flexibility index (Phi) is 35.4. The molecular weight excluding hydrogens is 665 g/mol. The Morgan fingerprint density at radius 2 is 1.08 bits per heavy atom. The maximum atomic E-state index is 12.5. The van der Waals surface area contributed by atoms with Gasteiger partial charge in [-0.3, -0.25) is 18.6 Å². The lowest BCUT2D eigenvalue weighted by Gasteiger charge is -2.19. The fourth-order valence-corrected chi connectivity index (χ4v) is 5.48. The first-order valence-corrected chi connectivity index (χ1v) is 20.9. The number of esters is 2. The van der Waals surface area contributed by atoms with Crippen molar-refractivity contribution < 1.29 is 37.6 Å². The predicted molar refractivity (Wildman–Crippen MR) is 210 cm³/mol. The molecule has 0 radical (unpaired) electrons. The molecule has 0 saturated heterocycles. The summed E-state index contributed by atoms with van der Waals surface area (Å²) in [4.78, 5) is 34.7. The third kappa shape index (κ3) is 37.0. The van der Waals surface area contributed by atoms with Crippen LogP contribution in [0.15, 0.2) is 72.9 Å². The highest BCUT2D eigenvalue weighted by atomic mass is 31.2. The molecule has 0 spiro atoms. The van der Waals surface area contributed by atoms with Gasteiger partial charge in [-0.1, -0.05) is 119 Å². The summed E-state index contributed by atoms with van der Waals surface area (Å²) in [5.41, 5.74) is 5.33. The summed E-state index contributed by atoms with van der Waals surface area (Å²) in [5.74, 6) is -0.902. The van der Waals surface area contributed by atoms with E-state index in [4.69, 9.17) is 24.3 Å². The summed E-state index contributed by atoms with van der Waals surface area (Å²) in [5, 5.41) is 0. The average molecular weight is 736 g/mol. The van der Waals surface area contributed by atoms with Gasteiger partial charge in [0.2, 0.25) is 0 Å². The second-order valence-electron chi connectivity index (χ2n) is 12.4. The van der Waals surface area contributed by atoms with Crippen LogP contribution in [0, 0.1) is 0 Å². The minimum atomic E-state index is -4.39. The minimum absolute atomic E-state index is 0.0407. The second kappa shape index (κ2) is 37.2. The molecular formula is C41H70NO8P. The molecule has 2 atom stereocenters. The molecule has 2 unspecified atom stereocenters. The summed E-state index contributed by atoms with van der Waals surface area (Å²) in [7, 11) is -4.39. The van der Waals surface area contributed by atoms with Gasteiger partial charge in [-0.2, -0.15) is 0 Å². The van der Waals surface area contributed by atoms with Crippen LogP contribution in [-0.4, -0.2) is 49.3 Å². The van der Waals surface area contributed by atoms with E-state index in [1.807, 2.05) is 0 Å². The third-order valence-electron chi connectivity index (χ3n) is 7.58. The fraction of sp³-hybridized carbons (Fsp3) is 0.659. The topological polar surface area (TPSA) is 134 Å². The molecule has 0 saturated carbocycles. The van der Waals surface area contributed by atoms with Gasteiger partial charge in [0.1, 0.15) is 6.61 Å². The Hall–Kier alpha value is -2.55. The van der Waals surface area contributed by atoms with Gasteiger partial charge in [-0.15, -0.1) is 0 Å². The first-order valence-electron chi connectivity index (χ1n) is 19.4. The molecule has 0 fully saturated rings. The van der Waals surface area contributed by atoms with Crippen LogP contribution in [0.2, 0.25) is 0 Å². The summed E-state index contributed by atoms with van der Waals surface area (Å²) < 4.78 is 32.6. The van der Waals surface area contributed by atoms with Crippen LogP contribution in [0.1, 0.15) is 142 Å². The van der Waals surface area contributed by atoms with E-state index in [0.29, 0.717) is 12.8 Å². The van der Waals surface area contributed by atoms with E-state index in [1.165, 1.54) is 25.7 Å². The van der Waals surface area contributed by atoms with Crippen molar-refractivity contribution in [2.75, 3.05) is 26.4 Å². The van der Waals surface area contributed by atoms with Crippen LogP contribution < -0.4 is 5.73 Å². The van der Waals surface area contributed by atoms with Crippen molar-refractivity contribution in [3.63, 3.8) is 0 Å². The molecule has 292 valence electrons. The van der Waals surface area contributed by atoms with Crippen LogP contribution in [-0.2, 0) is 32.7 Å². The molecule has 0 aliphatic carbocycles. The number of carbonyl (C=O) groups is 2. The number of carbonyl (C=O) groups excluding carboxylic acids is 2. The highest BCUT2D eigenvalue weighted by molar-refractivity contribution is 7.47. The molecule has 9 nitrogen and oxygen atoms in total. The Morgan fingerprint density at radius 1 is 0.608 bits per heavy atom. The molecule has 0 aliphatic rings. The van der Waals surface area contributed by atoms with Crippen molar-refractivity contribution in [2.45, 2.75) is 148 Å². The lowest BCUT2D eigenvalue weighted by Crippen LogP contribution is -2.29. The Bertz CT molecular complexity index is 1070. The lowest BCUT2D eigenvalue weighted by molar-refractivity contribution is -0.161. The van der Waals surface area contributed by atoms with Crippen molar-refractivity contribution in [3.05, 3.63) is 72.9 Å². The Labute approximate surface area is 310 Å². The van der Waals surface area contributed by atoms with E-state index in [2.05, 4.69) is 86.8 Å². The SMILES string of the molecule is CCC=CCC=CCC=CCC=CCCCCC(=O)OC(COC(=O)CCCCCCCC=CCC=CCCCCC)COP(=O)(O)OCCN. The Morgan fingerprint density at radius 3 is 1.65 bits per heavy atom. The van der Waals surface area contributed by atoms with Crippen LogP contribution in [0.3, 0.4) is 0 Å². The molecule has 10 heteroatoms. The standard InChI is InChI=1S/C41H70NO8P/c1-3-5-7-9-11-13-15-17-19-21-23-25-27-29-31-33-40(43)47-37-39(38-49-51(45,46)48-36-35-42)50-41(44)34-32-30-28-26-24-22-20-18-16-14-12-10-8-6-4-2/h6,8,11-14,17-20,24,26,39H,3-5,7,9-10,15-16,21-23,25,27-38,42H2,1-2H3,(H,45,46). The maximum absolute atomic E-state index is 12.5. The van der Waals surface area contributed by atoms with Gasteiger partial charge in [-0.05, 0) is 83.5 Å². The number of phosphoric ester groups is 1.